The average Bonchev–Trinajstić information content (AvgIpc) is 2.50. The molecule has 0 spiro atoms. The second kappa shape index (κ2) is 7.39. The molecule has 2 aromatic rings. The van der Waals surface area contributed by atoms with Crippen LogP contribution < -0.4 is 10.9 Å². The molecule has 0 radical (unpaired) electrons. The third-order valence-electron chi connectivity index (χ3n) is 2.37. The van der Waals surface area contributed by atoms with Gasteiger partial charge in [-0.15, -0.1) is 0 Å². The lowest BCUT2D eigenvalue weighted by Gasteiger charge is -1.99. The van der Waals surface area contributed by atoms with Crippen molar-refractivity contribution < 1.29 is 9.90 Å². The maximum absolute atomic E-state index is 11.4. The van der Waals surface area contributed by atoms with E-state index >= 15 is 0 Å². The van der Waals surface area contributed by atoms with E-state index in [0.29, 0.717) is 5.56 Å². The number of hydrogen-bond donors (Lipinski definition) is 3. The maximum atomic E-state index is 11.4. The number of aromatic hydroxyl groups is 1. The van der Waals surface area contributed by atoms with Crippen LogP contribution in [0.2, 0.25) is 0 Å². The highest BCUT2D eigenvalue weighted by molar-refractivity contribution is 5.85. The van der Waals surface area contributed by atoms with Crippen molar-refractivity contribution in [2.24, 2.45) is 10.2 Å². The van der Waals surface area contributed by atoms with E-state index in [-0.39, 0.29) is 5.75 Å². The van der Waals surface area contributed by atoms with Gasteiger partial charge in [0.15, 0.2) is 0 Å². The van der Waals surface area contributed by atoms with Crippen LogP contribution in [0.5, 0.6) is 5.75 Å². The fourth-order valence-corrected chi connectivity index (χ4v) is 1.40. The molecule has 2 amide bonds. The van der Waals surface area contributed by atoms with Crippen molar-refractivity contribution in [2.45, 2.75) is 0 Å². The van der Waals surface area contributed by atoms with Crippen LogP contribution in [0, 0.1) is 0 Å². The van der Waals surface area contributed by atoms with Crippen molar-refractivity contribution >= 4 is 18.5 Å². The third-order valence-corrected chi connectivity index (χ3v) is 2.37. The Morgan fingerprint density at radius 1 is 1.10 bits per heavy atom. The molecule has 0 saturated carbocycles. The molecule has 7 heteroatoms. The molecule has 0 atom stereocenters. The number of phenols is 1. The Bertz CT molecular complexity index is 655. The highest BCUT2D eigenvalue weighted by atomic mass is 16.3. The molecule has 0 fully saturated rings. The predicted molar refractivity (Wildman–Crippen MR) is 79.2 cm³/mol. The fraction of sp³-hybridized carbons (Fsp3) is 0. The van der Waals surface area contributed by atoms with Gasteiger partial charge in [0.05, 0.1) is 12.4 Å². The van der Waals surface area contributed by atoms with E-state index < -0.39 is 6.03 Å². The summed E-state index contributed by atoms with van der Waals surface area (Å²) in [4.78, 5) is 15.3. The number of benzene rings is 1. The van der Waals surface area contributed by atoms with E-state index in [0.717, 1.165) is 5.56 Å². The number of carbonyl (C=O) groups is 1. The summed E-state index contributed by atoms with van der Waals surface area (Å²) in [6.07, 6.45) is 6.05. The number of rotatable bonds is 4. The number of hydrogen-bond acceptors (Lipinski definition) is 5. The van der Waals surface area contributed by atoms with Gasteiger partial charge >= 0.3 is 6.03 Å². The van der Waals surface area contributed by atoms with Crippen LogP contribution >= 0.6 is 0 Å². The number of carbonyl (C=O) groups excluding carboxylic acids is 1. The topological polar surface area (TPSA) is 99.0 Å². The molecule has 0 saturated heterocycles. The lowest BCUT2D eigenvalue weighted by atomic mass is 10.2. The first-order chi connectivity index (χ1) is 10.3. The predicted octanol–water partition coefficient (Wildman–Crippen LogP) is 1.45. The zero-order valence-electron chi connectivity index (χ0n) is 11.0. The lowest BCUT2D eigenvalue weighted by Crippen LogP contribution is -2.28. The maximum Gasteiger partial charge on any atom is 0.355 e. The second-order valence-corrected chi connectivity index (χ2v) is 3.91. The molecule has 1 heterocycles. The monoisotopic (exact) mass is 283 g/mol. The number of nitrogens with one attached hydrogen (secondary N) is 2. The van der Waals surface area contributed by atoms with Crippen molar-refractivity contribution in [3.63, 3.8) is 0 Å². The van der Waals surface area contributed by atoms with Crippen molar-refractivity contribution in [3.8, 4) is 5.75 Å². The molecule has 3 N–H and O–H groups in total. The van der Waals surface area contributed by atoms with Crippen LogP contribution in [-0.4, -0.2) is 28.6 Å². The third kappa shape index (κ3) is 4.75. The van der Waals surface area contributed by atoms with Crippen molar-refractivity contribution in [1.29, 1.82) is 0 Å². The van der Waals surface area contributed by atoms with E-state index in [9.17, 15) is 9.90 Å². The van der Waals surface area contributed by atoms with Gasteiger partial charge in [-0.3, -0.25) is 4.98 Å². The van der Waals surface area contributed by atoms with Gasteiger partial charge in [-0.2, -0.15) is 10.2 Å². The van der Waals surface area contributed by atoms with Crippen LogP contribution in [0.4, 0.5) is 4.79 Å². The first-order valence-electron chi connectivity index (χ1n) is 6.06. The zero-order valence-corrected chi connectivity index (χ0v) is 11.0. The Balaban J connectivity index is 1.80. The number of hydrazone groups is 2. The fourth-order valence-electron chi connectivity index (χ4n) is 1.40. The molecular formula is C14H13N5O2. The standard InChI is InChI=1S/C14H13N5O2/c20-13-6-2-1-5-12(13)10-17-19-14(21)18-16-9-11-4-3-7-15-8-11/h1-10,20H,(H2,18,19,21)/b16-9+,17-10+. The van der Waals surface area contributed by atoms with E-state index in [1.165, 1.54) is 18.5 Å². The van der Waals surface area contributed by atoms with Crippen LogP contribution in [-0.2, 0) is 0 Å². The number of aromatic nitrogens is 1. The normalized spacial score (nSPS) is 10.9. The minimum Gasteiger partial charge on any atom is -0.507 e. The van der Waals surface area contributed by atoms with E-state index in [1.807, 2.05) is 0 Å². The molecule has 2 rings (SSSR count). The van der Waals surface area contributed by atoms with E-state index in [4.69, 9.17) is 0 Å². The molecule has 0 aliphatic heterocycles. The molecule has 0 bridgehead atoms. The van der Waals surface area contributed by atoms with Gasteiger partial charge in [0.2, 0.25) is 0 Å². The van der Waals surface area contributed by atoms with Crippen LogP contribution in [0.25, 0.3) is 0 Å². The largest absolute Gasteiger partial charge is 0.507 e. The Labute approximate surface area is 121 Å². The SMILES string of the molecule is O=C(N/N=C/c1cccnc1)N/N=C/c1ccccc1O. The highest BCUT2D eigenvalue weighted by Crippen LogP contribution is 2.12. The zero-order chi connectivity index (χ0) is 14.9. The van der Waals surface area contributed by atoms with Crippen LogP contribution in [0.3, 0.4) is 0 Å². The first kappa shape index (κ1) is 14.2. The second-order valence-electron chi connectivity index (χ2n) is 3.91. The number of nitrogens with zero attached hydrogens (tertiary/aromatic N) is 3. The van der Waals surface area contributed by atoms with Gasteiger partial charge < -0.3 is 5.11 Å². The Morgan fingerprint density at radius 2 is 1.86 bits per heavy atom. The van der Waals surface area contributed by atoms with Crippen molar-refractivity contribution in [3.05, 3.63) is 59.9 Å². The first-order valence-corrected chi connectivity index (χ1v) is 6.06. The number of urea groups is 1. The minimum atomic E-state index is -0.596. The summed E-state index contributed by atoms with van der Waals surface area (Å²) in [6.45, 7) is 0. The number of pyridine rings is 1. The van der Waals surface area contributed by atoms with Gasteiger partial charge in [-0.05, 0) is 18.2 Å². The molecule has 106 valence electrons. The molecular weight excluding hydrogens is 270 g/mol. The van der Waals surface area contributed by atoms with Gasteiger partial charge in [0.1, 0.15) is 5.75 Å². The lowest BCUT2D eigenvalue weighted by molar-refractivity contribution is 0.242. The molecule has 0 unspecified atom stereocenters. The number of para-hydroxylation sites is 1. The summed E-state index contributed by atoms with van der Waals surface area (Å²) in [5.41, 5.74) is 5.73. The van der Waals surface area contributed by atoms with Gasteiger partial charge in [-0.25, -0.2) is 15.6 Å². The van der Waals surface area contributed by atoms with Gasteiger partial charge in [0, 0.05) is 23.5 Å². The molecule has 21 heavy (non-hydrogen) atoms. The Morgan fingerprint density at radius 3 is 2.57 bits per heavy atom. The van der Waals surface area contributed by atoms with Gasteiger partial charge in [0.25, 0.3) is 0 Å². The Hall–Kier alpha value is -3.22. The summed E-state index contributed by atoms with van der Waals surface area (Å²) in [7, 11) is 0. The molecule has 1 aromatic carbocycles. The smallest absolute Gasteiger partial charge is 0.355 e. The molecule has 0 aliphatic carbocycles. The summed E-state index contributed by atoms with van der Waals surface area (Å²) in [5.74, 6) is 0.0815. The van der Waals surface area contributed by atoms with E-state index in [2.05, 4.69) is 26.0 Å². The van der Waals surface area contributed by atoms with Crippen LogP contribution in [0.1, 0.15) is 11.1 Å². The molecule has 7 nitrogen and oxygen atoms in total. The van der Waals surface area contributed by atoms with Crippen molar-refractivity contribution in [1.82, 2.24) is 15.8 Å². The summed E-state index contributed by atoms with van der Waals surface area (Å²) < 4.78 is 0. The molecule has 0 aliphatic rings. The summed E-state index contributed by atoms with van der Waals surface area (Å²) in [5, 5.41) is 16.9. The van der Waals surface area contributed by atoms with Crippen molar-refractivity contribution in [2.75, 3.05) is 0 Å². The Kier molecular flexibility index (Phi) is 4.99. The minimum absolute atomic E-state index is 0.0815. The van der Waals surface area contributed by atoms with E-state index in [1.54, 1.807) is 42.7 Å². The summed E-state index contributed by atoms with van der Waals surface area (Å²) >= 11 is 0. The molecule has 1 aromatic heterocycles. The summed E-state index contributed by atoms with van der Waals surface area (Å²) in [6, 6.07) is 9.60. The average molecular weight is 283 g/mol. The van der Waals surface area contributed by atoms with Crippen LogP contribution in [0.15, 0.2) is 59.0 Å². The quantitative estimate of drug-likeness (QED) is 0.585. The number of phenolic OH excluding ortho intramolecular Hbond substituents is 1. The number of amides is 2. The highest BCUT2D eigenvalue weighted by Gasteiger charge is 1.96. The van der Waals surface area contributed by atoms with Gasteiger partial charge in [-0.1, -0.05) is 18.2 Å².